The number of aryl methyl sites for hydroxylation is 1. The topological polar surface area (TPSA) is 73.1 Å². The Kier molecular flexibility index (Phi) is 3.87. The van der Waals surface area contributed by atoms with Crippen LogP contribution in [0.5, 0.6) is 0 Å². The highest BCUT2D eigenvalue weighted by molar-refractivity contribution is 7.09. The van der Waals surface area contributed by atoms with E-state index in [4.69, 9.17) is 4.74 Å². The number of hydrogen-bond acceptors (Lipinski definition) is 6. The molecule has 3 heterocycles. The monoisotopic (exact) mass is 335 g/mol. The molecule has 0 bridgehead atoms. The Labute approximate surface area is 139 Å². The van der Waals surface area contributed by atoms with E-state index in [9.17, 15) is 4.79 Å². The Hall–Kier alpha value is -1.96. The molecule has 1 aliphatic rings. The quantitative estimate of drug-likeness (QED) is 0.801. The number of ether oxygens (including phenoxy) is 1. The Morgan fingerprint density at radius 1 is 1.39 bits per heavy atom. The third-order valence-corrected chi connectivity index (χ3v) is 4.50. The molecular formula is C15H21N5O2S. The molecule has 1 aliphatic heterocycles. The van der Waals surface area contributed by atoms with Gasteiger partial charge in [0.15, 0.2) is 10.8 Å². The van der Waals surface area contributed by atoms with Crippen LogP contribution in [0.3, 0.4) is 0 Å². The van der Waals surface area contributed by atoms with Gasteiger partial charge in [0.1, 0.15) is 11.4 Å². The lowest BCUT2D eigenvalue weighted by Crippen LogP contribution is -2.43. The second kappa shape index (κ2) is 5.59. The smallest absolute Gasteiger partial charge is 0.410 e. The molecule has 0 fully saturated rings. The van der Waals surface area contributed by atoms with Crippen LogP contribution >= 0.6 is 11.5 Å². The number of fused-ring (bicyclic) bond motifs is 1. The van der Waals surface area contributed by atoms with E-state index < -0.39 is 5.60 Å². The molecular weight excluding hydrogens is 314 g/mol. The van der Waals surface area contributed by atoms with E-state index >= 15 is 0 Å². The van der Waals surface area contributed by atoms with Crippen molar-refractivity contribution in [3.63, 3.8) is 0 Å². The van der Waals surface area contributed by atoms with Crippen molar-refractivity contribution in [2.24, 2.45) is 0 Å². The zero-order valence-electron chi connectivity index (χ0n) is 14.0. The maximum atomic E-state index is 12.4. The molecule has 0 spiro atoms. The highest BCUT2D eigenvalue weighted by Gasteiger charge is 2.33. The van der Waals surface area contributed by atoms with Crippen LogP contribution in [0.1, 0.15) is 45.3 Å². The largest absolute Gasteiger partial charge is 0.444 e. The maximum Gasteiger partial charge on any atom is 0.410 e. The Bertz CT molecular complexity index is 731. The summed E-state index contributed by atoms with van der Waals surface area (Å²) in [6.45, 7) is 10.7. The van der Waals surface area contributed by atoms with Crippen LogP contribution in [-0.4, -0.2) is 42.0 Å². The van der Waals surface area contributed by atoms with E-state index in [1.165, 1.54) is 11.5 Å². The van der Waals surface area contributed by atoms with Gasteiger partial charge in [0, 0.05) is 13.1 Å². The summed E-state index contributed by atoms with van der Waals surface area (Å²) in [4.78, 5) is 23.0. The minimum atomic E-state index is -0.496. The average Bonchev–Trinajstić information content (AvgIpc) is 3.03. The van der Waals surface area contributed by atoms with Crippen molar-refractivity contribution < 1.29 is 9.53 Å². The minimum Gasteiger partial charge on any atom is -0.444 e. The van der Waals surface area contributed by atoms with Gasteiger partial charge in [-0.3, -0.25) is 4.90 Å². The molecule has 0 unspecified atom stereocenters. The van der Waals surface area contributed by atoms with Gasteiger partial charge in [-0.05, 0) is 46.2 Å². The van der Waals surface area contributed by atoms with Crippen molar-refractivity contribution in [3.05, 3.63) is 17.7 Å². The fraction of sp³-hybridized carbons (Fsp3) is 0.600. The van der Waals surface area contributed by atoms with Crippen LogP contribution in [0, 0.1) is 6.92 Å². The number of amides is 1. The Morgan fingerprint density at radius 3 is 2.74 bits per heavy atom. The summed E-state index contributed by atoms with van der Waals surface area (Å²) in [6, 6.07) is -0.0890. The minimum absolute atomic E-state index is 0.0890. The van der Waals surface area contributed by atoms with Crippen LogP contribution in [0.2, 0.25) is 0 Å². The standard InChI is InChI=1S/C15H21N5O2S/c1-9-11-8-16-12(13-17-10(2)18-23-13)20(11)7-6-19(9)14(21)22-15(3,4)5/h8-9H,6-7H2,1-5H3/t9-/m1/s1. The third kappa shape index (κ3) is 3.08. The first-order valence-corrected chi connectivity index (χ1v) is 8.39. The highest BCUT2D eigenvalue weighted by atomic mass is 32.1. The molecule has 3 rings (SSSR count). The van der Waals surface area contributed by atoms with E-state index in [0.717, 1.165) is 22.4 Å². The lowest BCUT2D eigenvalue weighted by Gasteiger charge is -2.35. The van der Waals surface area contributed by atoms with Crippen molar-refractivity contribution in [2.45, 2.75) is 52.8 Å². The number of hydrogen-bond donors (Lipinski definition) is 0. The summed E-state index contributed by atoms with van der Waals surface area (Å²) in [6.07, 6.45) is 1.53. The van der Waals surface area contributed by atoms with Crippen molar-refractivity contribution >= 4 is 17.6 Å². The molecule has 2 aromatic rings. The number of imidazole rings is 1. The summed E-state index contributed by atoms with van der Waals surface area (Å²) in [5.41, 5.74) is 0.494. The van der Waals surface area contributed by atoms with Crippen LogP contribution in [0.25, 0.3) is 10.8 Å². The zero-order chi connectivity index (χ0) is 16.8. The number of rotatable bonds is 1. The highest BCUT2D eigenvalue weighted by Crippen LogP contribution is 2.31. The van der Waals surface area contributed by atoms with Gasteiger partial charge in [-0.2, -0.15) is 4.37 Å². The molecule has 7 nitrogen and oxygen atoms in total. The average molecular weight is 335 g/mol. The van der Waals surface area contributed by atoms with E-state index in [-0.39, 0.29) is 12.1 Å². The third-order valence-electron chi connectivity index (χ3n) is 3.69. The van der Waals surface area contributed by atoms with Gasteiger partial charge in [-0.25, -0.2) is 14.8 Å². The van der Waals surface area contributed by atoms with E-state index in [0.29, 0.717) is 13.1 Å². The fourth-order valence-corrected chi connectivity index (χ4v) is 3.32. The normalized spacial score (nSPS) is 18.0. The molecule has 124 valence electrons. The summed E-state index contributed by atoms with van der Waals surface area (Å²) in [7, 11) is 0. The van der Waals surface area contributed by atoms with Gasteiger partial charge in [0.25, 0.3) is 0 Å². The summed E-state index contributed by atoms with van der Waals surface area (Å²) in [5, 5.41) is 0.812. The molecule has 0 N–H and O–H groups in total. The Morgan fingerprint density at radius 2 is 2.13 bits per heavy atom. The number of carbonyl (C=O) groups excluding carboxylic acids is 1. The SMILES string of the molecule is Cc1nsc(-c2ncc3n2CCN(C(=O)OC(C)(C)C)[C@@H]3C)n1. The van der Waals surface area contributed by atoms with Gasteiger partial charge in [0.05, 0.1) is 17.9 Å². The lowest BCUT2D eigenvalue weighted by atomic mass is 10.1. The molecule has 1 atom stereocenters. The van der Waals surface area contributed by atoms with Crippen LogP contribution < -0.4 is 0 Å². The number of carbonyl (C=O) groups is 1. The first-order chi connectivity index (χ1) is 10.8. The van der Waals surface area contributed by atoms with Gasteiger partial charge >= 0.3 is 6.09 Å². The molecule has 0 radical (unpaired) electrons. The predicted molar refractivity (Wildman–Crippen MR) is 87.2 cm³/mol. The van der Waals surface area contributed by atoms with E-state index in [1.807, 2.05) is 40.8 Å². The zero-order valence-corrected chi connectivity index (χ0v) is 14.8. The fourth-order valence-electron chi connectivity index (χ4n) is 2.65. The molecule has 2 aromatic heterocycles. The first kappa shape index (κ1) is 15.9. The van der Waals surface area contributed by atoms with E-state index in [1.54, 1.807) is 4.90 Å². The molecule has 1 amide bonds. The summed E-state index contributed by atoms with van der Waals surface area (Å²) in [5.74, 6) is 1.57. The molecule has 0 aromatic carbocycles. The summed E-state index contributed by atoms with van der Waals surface area (Å²) >= 11 is 1.35. The second-order valence-electron chi connectivity index (χ2n) is 6.65. The molecule has 23 heavy (non-hydrogen) atoms. The Balaban J connectivity index is 1.86. The van der Waals surface area contributed by atoms with Gasteiger partial charge in [0.2, 0.25) is 0 Å². The van der Waals surface area contributed by atoms with Gasteiger partial charge in [-0.1, -0.05) is 0 Å². The number of nitrogens with zero attached hydrogens (tertiary/aromatic N) is 5. The van der Waals surface area contributed by atoms with Crippen LogP contribution in [0.15, 0.2) is 6.20 Å². The molecule has 0 saturated carbocycles. The van der Waals surface area contributed by atoms with Crippen LogP contribution in [-0.2, 0) is 11.3 Å². The van der Waals surface area contributed by atoms with Crippen molar-refractivity contribution in [1.29, 1.82) is 0 Å². The van der Waals surface area contributed by atoms with Crippen LogP contribution in [0.4, 0.5) is 4.79 Å². The predicted octanol–water partition coefficient (Wildman–Crippen LogP) is 3.02. The van der Waals surface area contributed by atoms with Gasteiger partial charge < -0.3 is 9.30 Å². The lowest BCUT2D eigenvalue weighted by molar-refractivity contribution is 0.0127. The van der Waals surface area contributed by atoms with Crippen molar-refractivity contribution in [3.8, 4) is 10.8 Å². The number of aromatic nitrogens is 4. The van der Waals surface area contributed by atoms with Crippen molar-refractivity contribution in [2.75, 3.05) is 6.54 Å². The molecule has 0 saturated heterocycles. The first-order valence-electron chi connectivity index (χ1n) is 7.62. The van der Waals surface area contributed by atoms with Crippen molar-refractivity contribution in [1.82, 2.24) is 23.8 Å². The van der Waals surface area contributed by atoms with Gasteiger partial charge in [-0.15, -0.1) is 0 Å². The van der Waals surface area contributed by atoms with E-state index in [2.05, 4.69) is 18.9 Å². The maximum absolute atomic E-state index is 12.4. The molecule has 0 aliphatic carbocycles. The summed E-state index contributed by atoms with van der Waals surface area (Å²) < 4.78 is 11.8. The second-order valence-corrected chi connectivity index (χ2v) is 7.41. The molecule has 8 heteroatoms.